The van der Waals surface area contributed by atoms with Gasteiger partial charge in [0.15, 0.2) is 17.5 Å². The molecule has 114 valence electrons. The molecule has 21 heavy (non-hydrogen) atoms. The van der Waals surface area contributed by atoms with Crippen LogP contribution in [0.25, 0.3) is 0 Å². The number of nitrogens with zero attached hydrogens (tertiary/aromatic N) is 1. The molecule has 1 N–H and O–H groups in total. The molecule has 1 aliphatic rings. The third-order valence-electron chi connectivity index (χ3n) is 3.75. The number of hydrogen-bond donors (Lipinski definition) is 1. The Morgan fingerprint density at radius 2 is 1.90 bits per heavy atom. The normalized spacial score (nSPS) is 22.2. The lowest BCUT2D eigenvalue weighted by molar-refractivity contribution is -0.143. The molecule has 1 aliphatic heterocycles. The molecule has 0 radical (unpaired) electrons. The van der Waals surface area contributed by atoms with Crippen molar-refractivity contribution in [2.24, 2.45) is 5.92 Å². The lowest BCUT2D eigenvalue weighted by Gasteiger charge is -2.36. The Kier molecular flexibility index (Phi) is 4.20. The Hall–Kier alpha value is -2.05. The van der Waals surface area contributed by atoms with Crippen molar-refractivity contribution >= 4 is 11.9 Å². The highest BCUT2D eigenvalue weighted by atomic mass is 19.2. The molecular formula is C14H14F3NO3. The molecule has 2 unspecified atom stereocenters. The van der Waals surface area contributed by atoms with Crippen LogP contribution in [0.4, 0.5) is 13.2 Å². The molecule has 0 aliphatic carbocycles. The summed E-state index contributed by atoms with van der Waals surface area (Å²) < 4.78 is 39.7. The molecule has 1 aromatic rings. The molecule has 1 amide bonds. The minimum absolute atomic E-state index is 0.134. The van der Waals surface area contributed by atoms with Gasteiger partial charge in [-0.2, -0.15) is 0 Å². The van der Waals surface area contributed by atoms with Crippen molar-refractivity contribution in [2.75, 3.05) is 6.54 Å². The van der Waals surface area contributed by atoms with Gasteiger partial charge in [-0.05, 0) is 31.9 Å². The first-order chi connectivity index (χ1) is 9.82. The summed E-state index contributed by atoms with van der Waals surface area (Å²) in [5.41, 5.74) is -0.547. The standard InChI is InChI=1S/C14H14F3NO3/c1-7-6-8(14(20)21)4-5-18(7)13(19)9-2-3-10(15)12(17)11(9)16/h2-3,7-8H,4-6H2,1H3,(H,20,21). The fraction of sp³-hybridized carbons (Fsp3) is 0.429. The van der Waals surface area contributed by atoms with E-state index in [1.807, 2.05) is 0 Å². The molecule has 1 saturated heterocycles. The van der Waals surface area contributed by atoms with E-state index in [4.69, 9.17) is 5.11 Å². The van der Waals surface area contributed by atoms with Crippen LogP contribution in [0.2, 0.25) is 0 Å². The minimum Gasteiger partial charge on any atom is -0.481 e. The second-order valence-electron chi connectivity index (χ2n) is 5.13. The van der Waals surface area contributed by atoms with E-state index < -0.39 is 46.9 Å². The average Bonchev–Trinajstić information content (AvgIpc) is 2.44. The third kappa shape index (κ3) is 2.86. The third-order valence-corrected chi connectivity index (χ3v) is 3.75. The van der Waals surface area contributed by atoms with Crippen molar-refractivity contribution in [1.29, 1.82) is 0 Å². The minimum atomic E-state index is -1.69. The van der Waals surface area contributed by atoms with E-state index >= 15 is 0 Å². The van der Waals surface area contributed by atoms with E-state index in [-0.39, 0.29) is 19.4 Å². The van der Waals surface area contributed by atoms with Crippen LogP contribution in [-0.4, -0.2) is 34.5 Å². The van der Waals surface area contributed by atoms with Crippen LogP contribution in [-0.2, 0) is 4.79 Å². The second kappa shape index (κ2) is 5.75. The topological polar surface area (TPSA) is 57.6 Å². The Balaban J connectivity index is 2.22. The number of halogens is 3. The summed E-state index contributed by atoms with van der Waals surface area (Å²) in [5.74, 6) is -6.82. The fourth-order valence-corrected chi connectivity index (χ4v) is 2.54. The highest BCUT2D eigenvalue weighted by Gasteiger charge is 2.34. The van der Waals surface area contributed by atoms with Crippen LogP contribution in [0.1, 0.15) is 30.1 Å². The molecule has 1 fully saturated rings. The van der Waals surface area contributed by atoms with Gasteiger partial charge >= 0.3 is 5.97 Å². The molecule has 1 heterocycles. The zero-order valence-electron chi connectivity index (χ0n) is 11.3. The van der Waals surface area contributed by atoms with Gasteiger partial charge < -0.3 is 10.0 Å². The lowest BCUT2D eigenvalue weighted by Crippen LogP contribution is -2.46. The molecule has 1 aromatic carbocycles. The van der Waals surface area contributed by atoms with Crippen LogP contribution in [0, 0.1) is 23.4 Å². The Morgan fingerprint density at radius 3 is 2.48 bits per heavy atom. The first kappa shape index (κ1) is 15.3. The quantitative estimate of drug-likeness (QED) is 0.854. The van der Waals surface area contributed by atoms with E-state index in [2.05, 4.69) is 0 Å². The smallest absolute Gasteiger partial charge is 0.306 e. The van der Waals surface area contributed by atoms with Gasteiger partial charge in [0.25, 0.3) is 5.91 Å². The number of carboxylic acid groups (broad SMARTS) is 1. The highest BCUT2D eigenvalue weighted by Crippen LogP contribution is 2.26. The maximum absolute atomic E-state index is 13.6. The van der Waals surface area contributed by atoms with Crippen LogP contribution < -0.4 is 0 Å². The summed E-state index contributed by atoms with van der Waals surface area (Å²) in [4.78, 5) is 24.4. The number of carbonyl (C=O) groups excluding carboxylic acids is 1. The SMILES string of the molecule is CC1CC(C(=O)O)CCN1C(=O)c1ccc(F)c(F)c1F. The van der Waals surface area contributed by atoms with Crippen LogP contribution in [0.5, 0.6) is 0 Å². The number of amides is 1. The Bertz CT molecular complexity index is 591. The number of likely N-dealkylation sites (tertiary alicyclic amines) is 1. The van der Waals surface area contributed by atoms with Crippen molar-refractivity contribution in [1.82, 2.24) is 4.90 Å². The lowest BCUT2D eigenvalue weighted by atomic mass is 9.91. The number of aliphatic carboxylic acids is 1. The van der Waals surface area contributed by atoms with Crippen LogP contribution >= 0.6 is 0 Å². The number of benzene rings is 1. The maximum Gasteiger partial charge on any atom is 0.306 e. The molecule has 7 heteroatoms. The van der Waals surface area contributed by atoms with Gasteiger partial charge in [-0.3, -0.25) is 9.59 Å². The molecular weight excluding hydrogens is 287 g/mol. The molecule has 0 aromatic heterocycles. The predicted molar refractivity (Wildman–Crippen MR) is 67.2 cm³/mol. The van der Waals surface area contributed by atoms with Gasteiger partial charge in [0, 0.05) is 12.6 Å². The summed E-state index contributed by atoms with van der Waals surface area (Å²) in [7, 11) is 0. The number of carboxylic acids is 1. The summed E-state index contributed by atoms with van der Waals surface area (Å²) in [6, 6.07) is 1.17. The van der Waals surface area contributed by atoms with Crippen molar-refractivity contribution in [3.05, 3.63) is 35.1 Å². The maximum atomic E-state index is 13.6. The van der Waals surface area contributed by atoms with Crippen LogP contribution in [0.15, 0.2) is 12.1 Å². The Labute approximate surface area is 119 Å². The van der Waals surface area contributed by atoms with Gasteiger partial charge in [0.05, 0.1) is 11.5 Å². The molecule has 0 saturated carbocycles. The zero-order chi connectivity index (χ0) is 15.7. The van der Waals surface area contributed by atoms with Crippen molar-refractivity contribution in [2.45, 2.75) is 25.8 Å². The van der Waals surface area contributed by atoms with E-state index in [0.717, 1.165) is 6.07 Å². The molecule has 0 spiro atoms. The molecule has 4 nitrogen and oxygen atoms in total. The van der Waals surface area contributed by atoms with Gasteiger partial charge in [0.1, 0.15) is 0 Å². The van der Waals surface area contributed by atoms with E-state index in [1.165, 1.54) is 4.90 Å². The fourth-order valence-electron chi connectivity index (χ4n) is 2.54. The first-order valence-corrected chi connectivity index (χ1v) is 6.50. The van der Waals surface area contributed by atoms with E-state index in [9.17, 15) is 22.8 Å². The van der Waals surface area contributed by atoms with Crippen molar-refractivity contribution in [3.8, 4) is 0 Å². The zero-order valence-corrected chi connectivity index (χ0v) is 11.3. The summed E-state index contributed by atoms with van der Waals surface area (Å²) in [6.07, 6.45) is 0.489. The number of piperidine rings is 1. The van der Waals surface area contributed by atoms with Gasteiger partial charge in [-0.25, -0.2) is 13.2 Å². The predicted octanol–water partition coefficient (Wildman–Crippen LogP) is 2.43. The monoisotopic (exact) mass is 301 g/mol. The highest BCUT2D eigenvalue weighted by molar-refractivity contribution is 5.95. The summed E-state index contributed by atoms with van der Waals surface area (Å²) in [5, 5.41) is 8.95. The van der Waals surface area contributed by atoms with Gasteiger partial charge in [-0.15, -0.1) is 0 Å². The molecule has 0 bridgehead atoms. The van der Waals surface area contributed by atoms with Gasteiger partial charge in [-0.1, -0.05) is 0 Å². The number of rotatable bonds is 2. The van der Waals surface area contributed by atoms with Crippen molar-refractivity contribution < 1.29 is 27.9 Å². The molecule has 2 rings (SSSR count). The second-order valence-corrected chi connectivity index (χ2v) is 5.13. The average molecular weight is 301 g/mol. The molecule has 2 atom stereocenters. The van der Waals surface area contributed by atoms with E-state index in [0.29, 0.717) is 6.07 Å². The largest absolute Gasteiger partial charge is 0.481 e. The Morgan fingerprint density at radius 1 is 1.24 bits per heavy atom. The van der Waals surface area contributed by atoms with Gasteiger partial charge in [0.2, 0.25) is 0 Å². The summed E-state index contributed by atoms with van der Waals surface area (Å²) >= 11 is 0. The van der Waals surface area contributed by atoms with E-state index in [1.54, 1.807) is 6.92 Å². The number of hydrogen-bond acceptors (Lipinski definition) is 2. The summed E-state index contributed by atoms with van der Waals surface area (Å²) in [6.45, 7) is 1.78. The first-order valence-electron chi connectivity index (χ1n) is 6.50. The van der Waals surface area contributed by atoms with Crippen LogP contribution in [0.3, 0.4) is 0 Å². The van der Waals surface area contributed by atoms with Crippen molar-refractivity contribution in [3.63, 3.8) is 0 Å². The number of carbonyl (C=O) groups is 2.